The van der Waals surface area contributed by atoms with Gasteiger partial charge in [-0.2, -0.15) is 0 Å². The Bertz CT molecular complexity index is 960. The topological polar surface area (TPSA) is 82.6 Å². The average molecular weight is 413 g/mol. The third-order valence-electron chi connectivity index (χ3n) is 6.50. The molecule has 2 saturated heterocycles. The van der Waals surface area contributed by atoms with E-state index < -0.39 is 11.6 Å². The van der Waals surface area contributed by atoms with Crippen molar-refractivity contribution in [3.8, 4) is 0 Å². The lowest BCUT2D eigenvalue weighted by molar-refractivity contribution is -0.139. The maximum atomic E-state index is 12.8. The molecule has 3 heterocycles. The number of carbonyl (C=O) groups is 3. The van der Waals surface area contributed by atoms with Crippen molar-refractivity contribution >= 4 is 39.4 Å². The number of piperidine rings is 1. The van der Waals surface area contributed by atoms with Gasteiger partial charge >= 0.3 is 6.03 Å². The van der Waals surface area contributed by atoms with Gasteiger partial charge in [-0.3, -0.25) is 14.5 Å². The summed E-state index contributed by atoms with van der Waals surface area (Å²) in [6.07, 6.45) is 3.60. The van der Waals surface area contributed by atoms with Crippen LogP contribution in [0.1, 0.15) is 43.5 Å². The van der Waals surface area contributed by atoms with E-state index in [2.05, 4.69) is 11.4 Å². The normalized spacial score (nSPS) is 25.7. The van der Waals surface area contributed by atoms with Gasteiger partial charge in [-0.15, -0.1) is 11.3 Å². The highest BCUT2D eigenvalue weighted by Crippen LogP contribution is 2.42. The molecule has 29 heavy (non-hydrogen) atoms. The van der Waals surface area contributed by atoms with Crippen LogP contribution in [-0.4, -0.2) is 57.8 Å². The van der Waals surface area contributed by atoms with E-state index in [9.17, 15) is 14.4 Å². The fraction of sp³-hybridized carbons (Fsp3) is 0.524. The molecular weight excluding hydrogens is 388 g/mol. The van der Waals surface area contributed by atoms with Gasteiger partial charge in [-0.25, -0.2) is 9.78 Å². The molecule has 2 aromatic rings. The maximum absolute atomic E-state index is 12.8. The Hall–Kier alpha value is -2.48. The van der Waals surface area contributed by atoms with Crippen LogP contribution in [0.15, 0.2) is 24.3 Å². The summed E-state index contributed by atoms with van der Waals surface area (Å²) in [5.41, 5.74) is 0.195. The van der Waals surface area contributed by atoms with Crippen LogP contribution in [0.25, 0.3) is 10.2 Å². The highest BCUT2D eigenvalue weighted by atomic mass is 32.1. The molecule has 1 saturated carbocycles. The van der Waals surface area contributed by atoms with Gasteiger partial charge in [-0.1, -0.05) is 12.1 Å². The summed E-state index contributed by atoms with van der Waals surface area (Å²) >= 11 is 1.73. The highest BCUT2D eigenvalue weighted by molar-refractivity contribution is 7.18. The molecule has 3 fully saturated rings. The zero-order valence-corrected chi connectivity index (χ0v) is 17.2. The van der Waals surface area contributed by atoms with E-state index in [0.717, 1.165) is 41.1 Å². The summed E-state index contributed by atoms with van der Waals surface area (Å²) in [6.45, 7) is 2.86. The highest BCUT2D eigenvalue weighted by Gasteiger charge is 2.56. The lowest BCUT2D eigenvalue weighted by Gasteiger charge is -2.32. The van der Waals surface area contributed by atoms with E-state index in [1.807, 2.05) is 18.2 Å². The van der Waals surface area contributed by atoms with Crippen molar-refractivity contribution in [2.45, 2.75) is 44.1 Å². The second kappa shape index (κ2) is 6.79. The molecule has 1 aliphatic carbocycles. The number of benzene rings is 1. The van der Waals surface area contributed by atoms with Crippen molar-refractivity contribution in [1.82, 2.24) is 20.1 Å². The monoisotopic (exact) mass is 412 g/mol. The molecular formula is C21H24N4O3S. The molecule has 1 unspecified atom stereocenters. The molecule has 0 bridgehead atoms. The summed E-state index contributed by atoms with van der Waals surface area (Å²) in [5, 5.41) is 3.93. The number of hydrogen-bond donors (Lipinski definition) is 1. The second-order valence-corrected chi connectivity index (χ2v) is 9.54. The van der Waals surface area contributed by atoms with Gasteiger partial charge < -0.3 is 10.2 Å². The molecule has 152 valence electrons. The fourth-order valence-electron chi connectivity index (χ4n) is 4.47. The number of nitrogens with one attached hydrogen (secondary N) is 1. The molecule has 0 spiro atoms. The standard InChI is InChI=1S/C21H24N4O3S/c1-21(14-6-7-14)19(27)25(20(28)23-21)12-17(26)24-10-8-13(9-11-24)18-22-15-4-2-3-5-16(15)29-18/h2-5,13-14H,6-12H2,1H3,(H,23,28). The number of rotatable bonds is 4. The van der Waals surface area contributed by atoms with Crippen molar-refractivity contribution in [1.29, 1.82) is 0 Å². The molecule has 0 radical (unpaired) electrons. The van der Waals surface area contributed by atoms with Crippen molar-refractivity contribution < 1.29 is 14.4 Å². The van der Waals surface area contributed by atoms with Crippen LogP contribution < -0.4 is 5.32 Å². The number of thiazole rings is 1. The minimum absolute atomic E-state index is 0.156. The summed E-state index contributed by atoms with van der Waals surface area (Å²) in [6, 6.07) is 7.69. The van der Waals surface area contributed by atoms with E-state index in [1.54, 1.807) is 23.2 Å². The molecule has 1 N–H and O–H groups in total. The predicted octanol–water partition coefficient (Wildman–Crippen LogP) is 2.72. The molecule has 3 aliphatic rings. The number of imide groups is 1. The van der Waals surface area contributed by atoms with Crippen LogP contribution in [-0.2, 0) is 9.59 Å². The van der Waals surface area contributed by atoms with Gasteiger partial charge in [0.2, 0.25) is 5.91 Å². The van der Waals surface area contributed by atoms with Crippen molar-refractivity contribution in [3.05, 3.63) is 29.3 Å². The lowest BCUT2D eigenvalue weighted by Crippen LogP contribution is -2.48. The number of para-hydroxylation sites is 1. The zero-order chi connectivity index (χ0) is 20.2. The number of likely N-dealkylation sites (tertiary alicyclic amines) is 1. The van der Waals surface area contributed by atoms with Crippen LogP contribution >= 0.6 is 11.3 Å². The Morgan fingerprint density at radius 2 is 1.93 bits per heavy atom. The Morgan fingerprint density at radius 1 is 1.21 bits per heavy atom. The molecule has 2 aliphatic heterocycles. The van der Waals surface area contributed by atoms with Gasteiger partial charge in [0.15, 0.2) is 0 Å². The van der Waals surface area contributed by atoms with E-state index in [4.69, 9.17) is 4.98 Å². The van der Waals surface area contributed by atoms with Crippen LogP contribution in [0.3, 0.4) is 0 Å². The number of amides is 4. The van der Waals surface area contributed by atoms with Crippen LogP contribution in [0.2, 0.25) is 0 Å². The van der Waals surface area contributed by atoms with Crippen molar-refractivity contribution in [2.75, 3.05) is 19.6 Å². The number of fused-ring (bicyclic) bond motifs is 1. The smallest absolute Gasteiger partial charge is 0.325 e. The molecule has 4 amide bonds. The molecule has 1 aromatic heterocycles. The quantitative estimate of drug-likeness (QED) is 0.783. The zero-order valence-electron chi connectivity index (χ0n) is 16.4. The minimum Gasteiger partial charge on any atom is -0.341 e. The first-order valence-corrected chi connectivity index (χ1v) is 11.0. The van der Waals surface area contributed by atoms with Gasteiger partial charge in [0.25, 0.3) is 5.91 Å². The summed E-state index contributed by atoms with van der Waals surface area (Å²) < 4.78 is 1.19. The SMILES string of the molecule is CC1(C2CC2)NC(=O)N(CC(=O)N2CCC(c3nc4ccccc4s3)CC2)C1=O. The van der Waals surface area contributed by atoms with Crippen molar-refractivity contribution in [3.63, 3.8) is 0 Å². The Balaban J connectivity index is 1.20. The first-order valence-electron chi connectivity index (χ1n) is 10.2. The first-order chi connectivity index (χ1) is 14.0. The van der Waals surface area contributed by atoms with Crippen molar-refractivity contribution in [2.24, 2.45) is 5.92 Å². The van der Waals surface area contributed by atoms with Gasteiger partial charge in [0.1, 0.15) is 12.1 Å². The number of carbonyl (C=O) groups excluding carboxylic acids is 3. The average Bonchev–Trinajstić information content (AvgIpc) is 3.46. The van der Waals surface area contributed by atoms with Gasteiger partial charge in [-0.05, 0) is 50.7 Å². The number of hydrogen-bond acceptors (Lipinski definition) is 5. The van der Waals surface area contributed by atoms with Crippen LogP contribution in [0.5, 0.6) is 0 Å². The number of nitrogens with zero attached hydrogens (tertiary/aromatic N) is 3. The number of urea groups is 1. The summed E-state index contributed by atoms with van der Waals surface area (Å²) in [5.74, 6) is 0.133. The summed E-state index contributed by atoms with van der Waals surface area (Å²) in [7, 11) is 0. The van der Waals surface area contributed by atoms with Gasteiger partial charge in [0.05, 0.1) is 15.2 Å². The Labute approximate surface area is 173 Å². The van der Waals surface area contributed by atoms with E-state index >= 15 is 0 Å². The first kappa shape index (κ1) is 18.5. The Morgan fingerprint density at radius 3 is 2.62 bits per heavy atom. The second-order valence-electron chi connectivity index (χ2n) is 8.47. The Kier molecular flexibility index (Phi) is 4.34. The summed E-state index contributed by atoms with van der Waals surface area (Å²) in [4.78, 5) is 45.4. The van der Waals surface area contributed by atoms with E-state index in [1.165, 1.54) is 4.70 Å². The molecule has 7 nitrogen and oxygen atoms in total. The third-order valence-corrected chi connectivity index (χ3v) is 7.69. The third kappa shape index (κ3) is 3.19. The molecule has 1 atom stereocenters. The number of aromatic nitrogens is 1. The molecule has 8 heteroatoms. The van der Waals surface area contributed by atoms with Gasteiger partial charge in [0, 0.05) is 19.0 Å². The van der Waals surface area contributed by atoms with Crippen LogP contribution in [0.4, 0.5) is 4.79 Å². The molecule has 1 aromatic carbocycles. The van der Waals surface area contributed by atoms with E-state index in [-0.39, 0.29) is 24.3 Å². The minimum atomic E-state index is -0.836. The van der Waals surface area contributed by atoms with Crippen LogP contribution in [0, 0.1) is 5.92 Å². The fourth-order valence-corrected chi connectivity index (χ4v) is 5.61. The maximum Gasteiger partial charge on any atom is 0.325 e. The largest absolute Gasteiger partial charge is 0.341 e. The molecule has 5 rings (SSSR count). The lowest BCUT2D eigenvalue weighted by atomic mass is 9.96. The predicted molar refractivity (Wildman–Crippen MR) is 110 cm³/mol. The van der Waals surface area contributed by atoms with E-state index in [0.29, 0.717) is 19.0 Å².